The molecule has 0 aliphatic heterocycles. The molecule has 0 bridgehead atoms. The van der Waals surface area contributed by atoms with E-state index in [-0.39, 0.29) is 5.56 Å². The van der Waals surface area contributed by atoms with Gasteiger partial charge in [0, 0.05) is 6.20 Å². The van der Waals surface area contributed by atoms with Gasteiger partial charge in [0.25, 0.3) is 5.91 Å². The fourth-order valence-electron chi connectivity index (χ4n) is 1.35. The molecule has 0 atom stereocenters. The highest BCUT2D eigenvalue weighted by molar-refractivity contribution is 5.97. The van der Waals surface area contributed by atoms with Gasteiger partial charge in [0.1, 0.15) is 18.9 Å². The van der Waals surface area contributed by atoms with E-state index in [9.17, 15) is 18.8 Å². The van der Waals surface area contributed by atoms with Crippen LogP contribution in [0.4, 0.5) is 4.39 Å². The fraction of sp³-hybridized carbons (Fsp3) is 0.333. The molecule has 1 rings (SSSR count). The van der Waals surface area contributed by atoms with Crippen LogP contribution in [0.3, 0.4) is 0 Å². The SMILES string of the molecule is COC(=O)CN(CC(=O)OC)C(=O)c1cncc(F)c1. The third-order valence-corrected chi connectivity index (χ3v) is 2.33. The number of carbonyl (C=O) groups excluding carboxylic acids is 3. The van der Waals surface area contributed by atoms with Gasteiger partial charge < -0.3 is 14.4 Å². The molecule has 0 unspecified atom stereocenters. The van der Waals surface area contributed by atoms with Gasteiger partial charge in [0.05, 0.1) is 26.0 Å². The molecule has 0 saturated heterocycles. The van der Waals surface area contributed by atoms with E-state index in [0.717, 1.165) is 37.6 Å². The third-order valence-electron chi connectivity index (χ3n) is 2.33. The lowest BCUT2D eigenvalue weighted by Crippen LogP contribution is -2.40. The summed E-state index contributed by atoms with van der Waals surface area (Å²) in [6.07, 6.45) is 2.06. The van der Waals surface area contributed by atoms with E-state index in [1.54, 1.807) is 0 Å². The van der Waals surface area contributed by atoms with E-state index in [1.165, 1.54) is 0 Å². The number of carbonyl (C=O) groups is 3. The largest absolute Gasteiger partial charge is 0.468 e. The van der Waals surface area contributed by atoms with Gasteiger partial charge in [-0.15, -0.1) is 0 Å². The van der Waals surface area contributed by atoms with Crippen molar-refractivity contribution in [3.63, 3.8) is 0 Å². The minimum absolute atomic E-state index is 0.0854. The van der Waals surface area contributed by atoms with Crippen molar-refractivity contribution in [2.75, 3.05) is 27.3 Å². The van der Waals surface area contributed by atoms with Gasteiger partial charge in [-0.3, -0.25) is 19.4 Å². The molecule has 1 amide bonds. The van der Waals surface area contributed by atoms with E-state index >= 15 is 0 Å². The highest BCUT2D eigenvalue weighted by Gasteiger charge is 2.22. The monoisotopic (exact) mass is 284 g/mol. The summed E-state index contributed by atoms with van der Waals surface area (Å²) in [5.74, 6) is -2.86. The number of pyridine rings is 1. The van der Waals surface area contributed by atoms with Crippen molar-refractivity contribution in [3.05, 3.63) is 29.8 Å². The molecular formula is C12H13FN2O5. The normalized spacial score (nSPS) is 9.75. The lowest BCUT2D eigenvalue weighted by atomic mass is 10.2. The van der Waals surface area contributed by atoms with Crippen molar-refractivity contribution in [1.82, 2.24) is 9.88 Å². The Bertz CT molecular complexity index is 502. The second kappa shape index (κ2) is 7.17. The summed E-state index contributed by atoms with van der Waals surface area (Å²) in [6, 6.07) is 0.955. The van der Waals surface area contributed by atoms with Gasteiger partial charge in [-0.25, -0.2) is 4.39 Å². The first-order valence-electron chi connectivity index (χ1n) is 5.51. The molecule has 7 nitrogen and oxygen atoms in total. The highest BCUT2D eigenvalue weighted by atomic mass is 19.1. The molecule has 0 aliphatic carbocycles. The highest BCUT2D eigenvalue weighted by Crippen LogP contribution is 2.06. The van der Waals surface area contributed by atoms with Crippen LogP contribution in [-0.4, -0.2) is 55.0 Å². The number of hydrogen-bond acceptors (Lipinski definition) is 6. The van der Waals surface area contributed by atoms with E-state index in [2.05, 4.69) is 14.5 Å². The number of ether oxygens (including phenoxy) is 2. The number of rotatable bonds is 5. The maximum Gasteiger partial charge on any atom is 0.325 e. The summed E-state index contributed by atoms with van der Waals surface area (Å²) in [7, 11) is 2.29. The maximum atomic E-state index is 13.0. The van der Waals surface area contributed by atoms with Crippen LogP contribution in [0.25, 0.3) is 0 Å². The summed E-state index contributed by atoms with van der Waals surface area (Å²) in [5, 5.41) is 0. The van der Waals surface area contributed by atoms with Crippen LogP contribution in [0.2, 0.25) is 0 Å². The molecule has 108 valence electrons. The average Bonchev–Trinajstić information content (AvgIpc) is 2.45. The minimum atomic E-state index is -0.729. The second-order valence-electron chi connectivity index (χ2n) is 3.71. The number of hydrogen-bond donors (Lipinski definition) is 0. The Hall–Kier alpha value is -2.51. The smallest absolute Gasteiger partial charge is 0.325 e. The van der Waals surface area contributed by atoms with E-state index in [1.807, 2.05) is 0 Å². The van der Waals surface area contributed by atoms with Gasteiger partial charge in [0.15, 0.2) is 0 Å². The van der Waals surface area contributed by atoms with Gasteiger partial charge >= 0.3 is 11.9 Å². The topological polar surface area (TPSA) is 85.8 Å². The number of nitrogens with zero attached hydrogens (tertiary/aromatic N) is 2. The van der Waals surface area contributed by atoms with Crippen LogP contribution in [0, 0.1) is 5.82 Å². The molecule has 0 spiro atoms. The van der Waals surface area contributed by atoms with E-state index in [0.29, 0.717) is 0 Å². The maximum absolute atomic E-state index is 13.0. The Labute approximate surface area is 114 Å². The average molecular weight is 284 g/mol. The van der Waals surface area contributed by atoms with Crippen molar-refractivity contribution >= 4 is 17.8 Å². The summed E-state index contributed by atoms with van der Waals surface area (Å²) < 4.78 is 21.9. The molecule has 0 aliphatic rings. The Morgan fingerprint density at radius 2 is 1.70 bits per heavy atom. The number of halogens is 1. The Balaban J connectivity index is 2.93. The molecule has 1 aromatic rings. The molecular weight excluding hydrogens is 271 g/mol. The summed E-state index contributed by atoms with van der Waals surface area (Å²) in [4.78, 5) is 39.0. The van der Waals surface area contributed by atoms with Crippen LogP contribution in [0.1, 0.15) is 10.4 Å². The van der Waals surface area contributed by atoms with Crippen molar-refractivity contribution in [1.29, 1.82) is 0 Å². The van der Waals surface area contributed by atoms with Crippen LogP contribution in [0.15, 0.2) is 18.5 Å². The first-order valence-corrected chi connectivity index (χ1v) is 5.51. The Morgan fingerprint density at radius 1 is 1.15 bits per heavy atom. The molecule has 0 radical (unpaired) electrons. The molecule has 1 aromatic heterocycles. The van der Waals surface area contributed by atoms with Gasteiger partial charge in [-0.05, 0) is 6.07 Å². The summed E-state index contributed by atoms with van der Waals surface area (Å²) >= 11 is 0. The first kappa shape index (κ1) is 15.5. The number of aromatic nitrogens is 1. The van der Waals surface area contributed by atoms with Crippen LogP contribution < -0.4 is 0 Å². The zero-order chi connectivity index (χ0) is 15.1. The number of amides is 1. The van der Waals surface area contributed by atoms with Gasteiger partial charge in [-0.1, -0.05) is 0 Å². The van der Waals surface area contributed by atoms with Gasteiger partial charge in [-0.2, -0.15) is 0 Å². The minimum Gasteiger partial charge on any atom is -0.468 e. The van der Waals surface area contributed by atoms with Crippen LogP contribution >= 0.6 is 0 Å². The number of methoxy groups -OCH3 is 2. The second-order valence-corrected chi connectivity index (χ2v) is 3.71. The van der Waals surface area contributed by atoms with Crippen LogP contribution in [-0.2, 0) is 19.1 Å². The fourth-order valence-corrected chi connectivity index (χ4v) is 1.35. The summed E-state index contributed by atoms with van der Waals surface area (Å²) in [6.45, 7) is -0.915. The lowest BCUT2D eigenvalue weighted by molar-refractivity contribution is -0.144. The lowest BCUT2D eigenvalue weighted by Gasteiger charge is -2.19. The predicted octanol–water partition coefficient (Wildman–Crippen LogP) is 0.00890. The first-order chi connectivity index (χ1) is 9.47. The summed E-state index contributed by atoms with van der Waals surface area (Å²) in [5.41, 5.74) is -0.0854. The molecule has 0 aromatic carbocycles. The van der Waals surface area contributed by atoms with Crippen molar-refractivity contribution in [2.45, 2.75) is 0 Å². The molecule has 1 heterocycles. The number of esters is 2. The third kappa shape index (κ3) is 4.30. The zero-order valence-corrected chi connectivity index (χ0v) is 11.0. The Kier molecular flexibility index (Phi) is 5.57. The quantitative estimate of drug-likeness (QED) is 0.708. The van der Waals surface area contributed by atoms with Crippen molar-refractivity contribution < 1.29 is 28.2 Å². The van der Waals surface area contributed by atoms with Crippen LogP contribution in [0.5, 0.6) is 0 Å². The van der Waals surface area contributed by atoms with Gasteiger partial charge in [0.2, 0.25) is 0 Å². The Morgan fingerprint density at radius 3 is 2.15 bits per heavy atom. The standard InChI is InChI=1S/C12H13FN2O5/c1-19-10(16)6-15(7-11(17)20-2)12(18)8-3-9(13)5-14-4-8/h3-5H,6-7H2,1-2H3. The predicted molar refractivity (Wildman–Crippen MR) is 64.1 cm³/mol. The van der Waals surface area contributed by atoms with E-state index in [4.69, 9.17) is 0 Å². The van der Waals surface area contributed by atoms with Crippen molar-refractivity contribution in [2.24, 2.45) is 0 Å². The van der Waals surface area contributed by atoms with E-state index < -0.39 is 36.8 Å². The molecule has 0 fully saturated rings. The molecule has 0 N–H and O–H groups in total. The molecule has 8 heteroatoms. The van der Waals surface area contributed by atoms with Crippen molar-refractivity contribution in [3.8, 4) is 0 Å². The zero-order valence-electron chi connectivity index (χ0n) is 11.0. The molecule has 20 heavy (non-hydrogen) atoms. The molecule has 0 saturated carbocycles.